The van der Waals surface area contributed by atoms with Gasteiger partial charge in [-0.3, -0.25) is 4.68 Å². The molecule has 0 amide bonds. The van der Waals surface area contributed by atoms with Gasteiger partial charge in [0.25, 0.3) is 0 Å². The number of alkyl halides is 3. The van der Waals surface area contributed by atoms with Crippen molar-refractivity contribution in [2.45, 2.75) is 12.7 Å². The summed E-state index contributed by atoms with van der Waals surface area (Å²) in [6, 6.07) is 12.7. The lowest BCUT2D eigenvalue weighted by atomic mass is 10.1. The molecule has 1 heterocycles. The average molecular weight is 356 g/mol. The molecule has 7 heteroatoms. The molecule has 1 aromatic heterocycles. The molecule has 26 heavy (non-hydrogen) atoms. The summed E-state index contributed by atoms with van der Waals surface area (Å²) in [5.41, 5.74) is 1.78. The summed E-state index contributed by atoms with van der Waals surface area (Å²) < 4.78 is 41.3. The van der Waals surface area contributed by atoms with Gasteiger partial charge in [0.15, 0.2) is 0 Å². The number of hydrogen-bond acceptors (Lipinski definition) is 3. The molecule has 0 aliphatic carbocycles. The number of anilines is 1. The zero-order valence-corrected chi connectivity index (χ0v) is 13.9. The lowest BCUT2D eigenvalue weighted by Gasteiger charge is -2.15. The Labute approximate surface area is 148 Å². The molecule has 0 bridgehead atoms. The summed E-state index contributed by atoms with van der Waals surface area (Å²) in [7, 11) is 1.82. The van der Waals surface area contributed by atoms with Crippen LogP contribution in [0.3, 0.4) is 0 Å². The smallest absolute Gasteiger partial charge is 0.380 e. The minimum absolute atomic E-state index is 0.0264. The van der Waals surface area contributed by atoms with Crippen LogP contribution in [-0.2, 0) is 19.8 Å². The highest BCUT2D eigenvalue weighted by atomic mass is 19.4. The summed E-state index contributed by atoms with van der Waals surface area (Å²) in [6.07, 6.45) is -0.934. The van der Waals surface area contributed by atoms with Crippen molar-refractivity contribution >= 4 is 5.69 Å². The van der Waals surface area contributed by atoms with Crippen molar-refractivity contribution < 1.29 is 13.2 Å². The standard InChI is InChI=1S/C19H15F3N4/c1-26-12-16(11-25-26)15-4-2-3-14(7-15)10-24-18-6-5-13(9-23)8-17(18)19(20,21)22/h2-8,11-12,24H,10H2,1H3. The van der Waals surface area contributed by atoms with Gasteiger partial charge in [-0.1, -0.05) is 18.2 Å². The lowest BCUT2D eigenvalue weighted by molar-refractivity contribution is -0.137. The number of benzene rings is 2. The van der Waals surface area contributed by atoms with Crippen molar-refractivity contribution in [1.29, 1.82) is 5.26 Å². The zero-order chi connectivity index (χ0) is 18.7. The van der Waals surface area contributed by atoms with Gasteiger partial charge in [0.1, 0.15) is 0 Å². The number of nitrogens with one attached hydrogen (secondary N) is 1. The second-order valence-corrected chi connectivity index (χ2v) is 5.83. The molecule has 0 spiro atoms. The molecule has 132 valence electrons. The number of nitrogens with zero attached hydrogens (tertiary/aromatic N) is 3. The minimum atomic E-state index is -4.53. The monoisotopic (exact) mass is 356 g/mol. The van der Waals surface area contributed by atoms with Crippen molar-refractivity contribution in [2.75, 3.05) is 5.32 Å². The highest BCUT2D eigenvalue weighted by Gasteiger charge is 2.33. The summed E-state index contributed by atoms with van der Waals surface area (Å²) in [5, 5.41) is 15.8. The van der Waals surface area contributed by atoms with E-state index in [0.717, 1.165) is 22.8 Å². The first-order valence-electron chi connectivity index (χ1n) is 7.80. The summed E-state index contributed by atoms with van der Waals surface area (Å²) >= 11 is 0. The van der Waals surface area contributed by atoms with Crippen LogP contribution in [0.2, 0.25) is 0 Å². The molecule has 3 rings (SSSR count). The van der Waals surface area contributed by atoms with Gasteiger partial charge in [-0.05, 0) is 35.4 Å². The first-order valence-corrected chi connectivity index (χ1v) is 7.80. The number of hydrogen-bond donors (Lipinski definition) is 1. The Balaban J connectivity index is 1.83. The molecule has 2 aromatic carbocycles. The summed E-state index contributed by atoms with van der Waals surface area (Å²) in [5.74, 6) is 0. The fraction of sp³-hybridized carbons (Fsp3) is 0.158. The van der Waals surface area contributed by atoms with Crippen molar-refractivity contribution in [1.82, 2.24) is 9.78 Å². The van der Waals surface area contributed by atoms with Gasteiger partial charge in [0, 0.05) is 31.0 Å². The van der Waals surface area contributed by atoms with Crippen LogP contribution in [0.1, 0.15) is 16.7 Å². The third-order valence-corrected chi connectivity index (χ3v) is 3.90. The predicted octanol–water partition coefficient (Wildman–Crippen LogP) is 4.59. The third kappa shape index (κ3) is 3.86. The Morgan fingerprint density at radius 1 is 1.15 bits per heavy atom. The maximum Gasteiger partial charge on any atom is 0.418 e. The van der Waals surface area contributed by atoms with E-state index >= 15 is 0 Å². The first kappa shape index (κ1) is 17.5. The molecule has 0 atom stereocenters. The molecule has 0 aliphatic rings. The summed E-state index contributed by atoms with van der Waals surface area (Å²) in [6.45, 7) is 0.225. The van der Waals surface area contributed by atoms with Crippen LogP contribution < -0.4 is 5.32 Å². The van der Waals surface area contributed by atoms with Crippen LogP contribution in [-0.4, -0.2) is 9.78 Å². The van der Waals surface area contributed by atoms with Crippen LogP contribution in [0.4, 0.5) is 18.9 Å². The molecule has 0 saturated carbocycles. The van der Waals surface area contributed by atoms with E-state index in [2.05, 4.69) is 10.4 Å². The fourth-order valence-electron chi connectivity index (χ4n) is 2.63. The Morgan fingerprint density at radius 3 is 2.62 bits per heavy atom. The highest BCUT2D eigenvalue weighted by molar-refractivity contribution is 5.63. The quantitative estimate of drug-likeness (QED) is 0.744. The third-order valence-electron chi connectivity index (χ3n) is 3.90. The second kappa shape index (κ2) is 6.92. The second-order valence-electron chi connectivity index (χ2n) is 5.83. The molecule has 4 nitrogen and oxygen atoms in total. The number of aromatic nitrogens is 2. The number of halogens is 3. The van der Waals surface area contributed by atoms with Crippen LogP contribution >= 0.6 is 0 Å². The Kier molecular flexibility index (Phi) is 4.67. The Bertz CT molecular complexity index is 967. The molecule has 0 saturated heterocycles. The van der Waals surface area contributed by atoms with Gasteiger partial charge < -0.3 is 5.32 Å². The predicted molar refractivity (Wildman–Crippen MR) is 92.1 cm³/mol. The van der Waals surface area contributed by atoms with Crippen molar-refractivity contribution in [2.24, 2.45) is 7.05 Å². The first-order chi connectivity index (χ1) is 12.4. The molecular formula is C19H15F3N4. The van der Waals surface area contributed by atoms with E-state index in [1.54, 1.807) is 16.9 Å². The molecular weight excluding hydrogens is 341 g/mol. The maximum absolute atomic E-state index is 13.2. The van der Waals surface area contributed by atoms with E-state index in [9.17, 15) is 13.2 Å². The molecule has 1 N–H and O–H groups in total. The Hall–Kier alpha value is -3.27. The number of rotatable bonds is 4. The number of nitriles is 1. The molecule has 0 fully saturated rings. The molecule has 0 radical (unpaired) electrons. The Morgan fingerprint density at radius 2 is 1.96 bits per heavy atom. The van der Waals surface area contributed by atoms with E-state index < -0.39 is 11.7 Å². The van der Waals surface area contributed by atoms with Crippen molar-refractivity contribution in [3.63, 3.8) is 0 Å². The molecule has 0 unspecified atom stereocenters. The van der Waals surface area contributed by atoms with Gasteiger partial charge in [-0.2, -0.15) is 23.5 Å². The topological polar surface area (TPSA) is 53.6 Å². The van der Waals surface area contributed by atoms with Crippen molar-refractivity contribution in [3.05, 3.63) is 71.5 Å². The van der Waals surface area contributed by atoms with Crippen LogP contribution in [0, 0.1) is 11.3 Å². The zero-order valence-electron chi connectivity index (χ0n) is 13.9. The normalized spacial score (nSPS) is 11.2. The van der Waals surface area contributed by atoms with Crippen LogP contribution in [0.5, 0.6) is 0 Å². The van der Waals surface area contributed by atoms with Crippen LogP contribution in [0.25, 0.3) is 11.1 Å². The van der Waals surface area contributed by atoms with E-state index in [4.69, 9.17) is 5.26 Å². The lowest BCUT2D eigenvalue weighted by Crippen LogP contribution is -2.11. The van der Waals surface area contributed by atoms with Gasteiger partial charge in [-0.15, -0.1) is 0 Å². The summed E-state index contributed by atoms with van der Waals surface area (Å²) in [4.78, 5) is 0. The SMILES string of the molecule is Cn1cc(-c2cccc(CNc3ccc(C#N)cc3C(F)(F)F)c2)cn1. The van der Waals surface area contributed by atoms with Gasteiger partial charge in [0.05, 0.1) is 23.4 Å². The van der Waals surface area contributed by atoms with E-state index in [1.807, 2.05) is 37.5 Å². The van der Waals surface area contributed by atoms with Crippen LogP contribution in [0.15, 0.2) is 54.9 Å². The van der Waals surface area contributed by atoms with E-state index in [1.165, 1.54) is 12.1 Å². The fourth-order valence-corrected chi connectivity index (χ4v) is 2.63. The van der Waals surface area contributed by atoms with Crippen molar-refractivity contribution in [3.8, 4) is 17.2 Å². The van der Waals surface area contributed by atoms with E-state index in [0.29, 0.717) is 0 Å². The highest BCUT2D eigenvalue weighted by Crippen LogP contribution is 2.35. The van der Waals surface area contributed by atoms with Gasteiger partial charge in [-0.25, -0.2) is 0 Å². The maximum atomic E-state index is 13.2. The number of aryl methyl sites for hydroxylation is 1. The van der Waals surface area contributed by atoms with E-state index in [-0.39, 0.29) is 17.8 Å². The molecule has 0 aliphatic heterocycles. The van der Waals surface area contributed by atoms with Gasteiger partial charge >= 0.3 is 6.18 Å². The molecule has 3 aromatic rings. The average Bonchev–Trinajstić information content (AvgIpc) is 3.06. The van der Waals surface area contributed by atoms with Gasteiger partial charge in [0.2, 0.25) is 0 Å². The minimum Gasteiger partial charge on any atom is -0.380 e. The largest absolute Gasteiger partial charge is 0.418 e.